The number of carbonyl (C=O) groups is 2. The number of hydrogen-bond acceptors (Lipinski definition) is 5. The quantitative estimate of drug-likeness (QED) is 0.533. The summed E-state index contributed by atoms with van der Waals surface area (Å²) in [4.78, 5) is 25.2. The second-order valence-electron chi connectivity index (χ2n) is 6.74. The van der Waals surface area contributed by atoms with Gasteiger partial charge in [0.2, 0.25) is 0 Å². The van der Waals surface area contributed by atoms with E-state index in [0.29, 0.717) is 6.54 Å². The third kappa shape index (κ3) is 5.78. The SMILES string of the molecule is CN(C)S(=O)(=O)N(C)c1cc(C(=O)NCCN)cc(C(=O)NCc2ccccc2)c1. The summed E-state index contributed by atoms with van der Waals surface area (Å²) in [6.07, 6.45) is 0. The molecule has 0 radical (unpaired) electrons. The molecule has 10 heteroatoms. The Balaban J connectivity index is 2.37. The highest BCUT2D eigenvalue weighted by atomic mass is 32.2. The van der Waals surface area contributed by atoms with Crippen molar-refractivity contribution in [2.75, 3.05) is 38.5 Å². The lowest BCUT2D eigenvalue weighted by Gasteiger charge is -2.24. The normalized spacial score (nSPS) is 11.2. The van der Waals surface area contributed by atoms with Gasteiger partial charge < -0.3 is 16.4 Å². The minimum Gasteiger partial charge on any atom is -0.351 e. The van der Waals surface area contributed by atoms with E-state index in [-0.39, 0.29) is 29.9 Å². The summed E-state index contributed by atoms with van der Waals surface area (Å²) in [5, 5.41) is 5.41. The molecule has 9 nitrogen and oxygen atoms in total. The second kappa shape index (κ2) is 10.2. The minimum atomic E-state index is -3.80. The van der Waals surface area contributed by atoms with Crippen LogP contribution in [0.5, 0.6) is 0 Å². The molecule has 0 spiro atoms. The van der Waals surface area contributed by atoms with E-state index in [1.165, 1.54) is 39.3 Å². The van der Waals surface area contributed by atoms with Crippen molar-refractivity contribution < 1.29 is 18.0 Å². The van der Waals surface area contributed by atoms with Gasteiger partial charge in [-0.15, -0.1) is 0 Å². The van der Waals surface area contributed by atoms with Gasteiger partial charge in [0.05, 0.1) is 5.69 Å². The topological polar surface area (TPSA) is 125 Å². The Labute approximate surface area is 177 Å². The van der Waals surface area contributed by atoms with E-state index in [1.54, 1.807) is 0 Å². The van der Waals surface area contributed by atoms with Gasteiger partial charge in [0.25, 0.3) is 11.8 Å². The van der Waals surface area contributed by atoms with Gasteiger partial charge in [-0.1, -0.05) is 30.3 Å². The van der Waals surface area contributed by atoms with Gasteiger partial charge >= 0.3 is 10.2 Å². The molecule has 0 fully saturated rings. The molecular weight excluding hydrogens is 406 g/mol. The Bertz CT molecular complexity index is 994. The van der Waals surface area contributed by atoms with Crippen LogP contribution in [0, 0.1) is 0 Å². The van der Waals surface area contributed by atoms with E-state index >= 15 is 0 Å². The number of benzene rings is 2. The summed E-state index contributed by atoms with van der Waals surface area (Å²) in [5.41, 5.74) is 6.85. The van der Waals surface area contributed by atoms with Gasteiger partial charge in [-0.3, -0.25) is 13.9 Å². The molecule has 0 atom stereocenters. The molecule has 30 heavy (non-hydrogen) atoms. The molecule has 0 unspecified atom stereocenters. The van der Waals surface area contributed by atoms with Crippen LogP contribution in [0.1, 0.15) is 26.3 Å². The fraction of sp³-hybridized carbons (Fsp3) is 0.300. The molecule has 2 aromatic carbocycles. The Morgan fingerprint density at radius 2 is 1.50 bits per heavy atom. The fourth-order valence-corrected chi connectivity index (χ4v) is 3.46. The van der Waals surface area contributed by atoms with Crippen LogP contribution in [0.3, 0.4) is 0 Å². The van der Waals surface area contributed by atoms with Gasteiger partial charge in [-0.05, 0) is 23.8 Å². The lowest BCUT2D eigenvalue weighted by molar-refractivity contribution is 0.0951. The maximum atomic E-state index is 12.7. The summed E-state index contributed by atoms with van der Waals surface area (Å²) < 4.78 is 27.1. The summed E-state index contributed by atoms with van der Waals surface area (Å²) in [5.74, 6) is -0.876. The molecule has 2 rings (SSSR count). The van der Waals surface area contributed by atoms with Crippen molar-refractivity contribution in [1.82, 2.24) is 14.9 Å². The highest BCUT2D eigenvalue weighted by Crippen LogP contribution is 2.22. The molecule has 0 heterocycles. The standard InChI is InChI=1S/C20H27N5O4S/c1-24(2)30(28,29)25(3)18-12-16(19(26)22-10-9-21)11-17(13-18)20(27)23-14-15-7-5-4-6-8-15/h4-8,11-13H,9-10,14,21H2,1-3H3,(H,22,26)(H,23,27). The number of nitrogens with two attached hydrogens (primary N) is 1. The predicted molar refractivity (Wildman–Crippen MR) is 116 cm³/mol. The molecule has 0 aliphatic carbocycles. The van der Waals surface area contributed by atoms with Gasteiger partial charge in [0.15, 0.2) is 0 Å². The van der Waals surface area contributed by atoms with Crippen LogP contribution >= 0.6 is 0 Å². The number of rotatable bonds is 9. The molecular formula is C20H27N5O4S. The Kier molecular flexibility index (Phi) is 7.93. The first kappa shape index (κ1) is 23.3. The van der Waals surface area contributed by atoms with Crippen molar-refractivity contribution >= 4 is 27.7 Å². The van der Waals surface area contributed by atoms with E-state index in [1.807, 2.05) is 30.3 Å². The van der Waals surface area contributed by atoms with Crippen LogP contribution in [-0.2, 0) is 16.8 Å². The van der Waals surface area contributed by atoms with E-state index < -0.39 is 22.0 Å². The lowest BCUT2D eigenvalue weighted by atomic mass is 10.1. The van der Waals surface area contributed by atoms with Crippen LogP contribution in [-0.4, -0.2) is 58.8 Å². The maximum Gasteiger partial charge on any atom is 0.303 e. The molecule has 0 bridgehead atoms. The molecule has 0 saturated heterocycles. The lowest BCUT2D eigenvalue weighted by Crippen LogP contribution is -2.38. The largest absolute Gasteiger partial charge is 0.351 e. The second-order valence-corrected chi connectivity index (χ2v) is 8.91. The van der Waals surface area contributed by atoms with Crippen LogP contribution < -0.4 is 20.7 Å². The van der Waals surface area contributed by atoms with E-state index in [4.69, 9.17) is 5.73 Å². The van der Waals surface area contributed by atoms with Gasteiger partial charge in [-0.25, -0.2) is 0 Å². The van der Waals surface area contributed by atoms with Crippen LogP contribution in [0.25, 0.3) is 0 Å². The number of nitrogens with zero attached hydrogens (tertiary/aromatic N) is 2. The molecule has 162 valence electrons. The Morgan fingerprint density at radius 3 is 2.03 bits per heavy atom. The average Bonchev–Trinajstić information content (AvgIpc) is 2.75. The number of hydrogen-bond donors (Lipinski definition) is 3. The highest BCUT2D eigenvalue weighted by Gasteiger charge is 2.23. The van der Waals surface area contributed by atoms with Gasteiger partial charge in [0, 0.05) is 51.9 Å². The molecule has 0 saturated carbocycles. The van der Waals surface area contributed by atoms with Crippen molar-refractivity contribution in [2.24, 2.45) is 5.73 Å². The van der Waals surface area contributed by atoms with E-state index in [9.17, 15) is 18.0 Å². The number of anilines is 1. The zero-order valence-corrected chi connectivity index (χ0v) is 18.1. The first-order valence-electron chi connectivity index (χ1n) is 9.28. The van der Waals surface area contributed by atoms with Gasteiger partial charge in [-0.2, -0.15) is 12.7 Å². The smallest absolute Gasteiger partial charge is 0.303 e. The van der Waals surface area contributed by atoms with E-state index in [0.717, 1.165) is 14.2 Å². The van der Waals surface area contributed by atoms with Crippen molar-refractivity contribution in [1.29, 1.82) is 0 Å². The van der Waals surface area contributed by atoms with Crippen LogP contribution in [0.4, 0.5) is 5.69 Å². The zero-order chi connectivity index (χ0) is 22.3. The number of amides is 2. The Morgan fingerprint density at radius 1 is 0.933 bits per heavy atom. The zero-order valence-electron chi connectivity index (χ0n) is 17.3. The third-order valence-electron chi connectivity index (χ3n) is 4.34. The van der Waals surface area contributed by atoms with Gasteiger partial charge in [0.1, 0.15) is 0 Å². The monoisotopic (exact) mass is 433 g/mol. The first-order chi connectivity index (χ1) is 14.2. The molecule has 4 N–H and O–H groups in total. The Hall–Kier alpha value is -2.95. The van der Waals surface area contributed by atoms with E-state index in [2.05, 4.69) is 10.6 Å². The average molecular weight is 434 g/mol. The maximum absolute atomic E-state index is 12.7. The number of nitrogens with one attached hydrogen (secondary N) is 2. The van der Waals surface area contributed by atoms with Crippen LogP contribution in [0.2, 0.25) is 0 Å². The highest BCUT2D eigenvalue weighted by molar-refractivity contribution is 7.90. The fourth-order valence-electron chi connectivity index (χ4n) is 2.60. The van der Waals surface area contributed by atoms with Crippen molar-refractivity contribution in [3.8, 4) is 0 Å². The summed E-state index contributed by atoms with van der Waals surface area (Å²) in [7, 11) is 0.355. The molecule has 0 aromatic heterocycles. The summed E-state index contributed by atoms with van der Waals surface area (Å²) >= 11 is 0. The molecule has 0 aliphatic heterocycles. The van der Waals surface area contributed by atoms with Crippen LogP contribution in [0.15, 0.2) is 48.5 Å². The van der Waals surface area contributed by atoms with Crippen molar-refractivity contribution in [3.63, 3.8) is 0 Å². The minimum absolute atomic E-state index is 0.159. The molecule has 0 aliphatic rings. The first-order valence-corrected chi connectivity index (χ1v) is 10.7. The summed E-state index contributed by atoms with van der Waals surface area (Å²) in [6, 6.07) is 13.6. The van der Waals surface area contributed by atoms with Crippen molar-refractivity contribution in [2.45, 2.75) is 6.54 Å². The molecule has 2 amide bonds. The number of carbonyl (C=O) groups excluding carboxylic acids is 2. The third-order valence-corrected chi connectivity index (χ3v) is 6.16. The molecule has 2 aromatic rings. The predicted octanol–water partition coefficient (Wildman–Crippen LogP) is 0.548. The van der Waals surface area contributed by atoms with Crippen molar-refractivity contribution in [3.05, 3.63) is 65.2 Å². The summed E-state index contributed by atoms with van der Waals surface area (Å²) in [6.45, 7) is 0.805.